The number of hydrogen-bond donors (Lipinski definition) is 0. The normalized spacial score (nSPS) is 18.0. The topological polar surface area (TPSA) is 73.1 Å². The summed E-state index contributed by atoms with van der Waals surface area (Å²) in [6.45, 7) is 6.17. The van der Waals surface area contributed by atoms with Crippen molar-refractivity contribution in [2.75, 3.05) is 0 Å². The lowest BCUT2D eigenvalue weighted by atomic mass is 9.86. The Morgan fingerprint density at radius 3 is 2.67 bits per heavy atom. The lowest BCUT2D eigenvalue weighted by Crippen LogP contribution is -2.16. The number of pyridine rings is 2. The van der Waals surface area contributed by atoms with Crippen LogP contribution in [0.5, 0.6) is 0 Å². The molecule has 0 aromatic carbocycles. The number of hydrogen-bond acceptors (Lipinski definition) is 5. The van der Waals surface area contributed by atoms with Crippen molar-refractivity contribution >= 4 is 17.6 Å². The molecule has 3 aromatic heterocycles. The highest BCUT2D eigenvalue weighted by atomic mass is 16.3. The third-order valence-corrected chi connectivity index (χ3v) is 5.34. The SMILES string of the molecule is Cc1ccc2c(n1)C(C)(C)c1cc(/C=C3\C(=O)c4cccnc4C3=O)oc1-2. The van der Waals surface area contributed by atoms with Gasteiger partial charge in [0.1, 0.15) is 17.2 Å². The minimum atomic E-state index is -0.357. The summed E-state index contributed by atoms with van der Waals surface area (Å²) in [5.41, 5.74) is 4.26. The summed E-state index contributed by atoms with van der Waals surface area (Å²) in [4.78, 5) is 33.8. The van der Waals surface area contributed by atoms with Crippen LogP contribution in [0.1, 0.15) is 57.4 Å². The Hall–Kier alpha value is -3.34. The fourth-order valence-corrected chi connectivity index (χ4v) is 3.91. The van der Waals surface area contributed by atoms with Gasteiger partial charge in [0, 0.05) is 28.4 Å². The van der Waals surface area contributed by atoms with E-state index < -0.39 is 0 Å². The van der Waals surface area contributed by atoms with Crippen LogP contribution >= 0.6 is 0 Å². The van der Waals surface area contributed by atoms with Crippen LogP contribution in [0.3, 0.4) is 0 Å². The number of carbonyl (C=O) groups excluding carboxylic acids is 2. The summed E-state index contributed by atoms with van der Waals surface area (Å²) in [6, 6.07) is 9.15. The molecular formula is C22H16N2O3. The lowest BCUT2D eigenvalue weighted by Gasteiger charge is -2.18. The second-order valence-electron chi connectivity index (χ2n) is 7.48. The Kier molecular flexibility index (Phi) is 3.00. The Morgan fingerprint density at radius 1 is 1.07 bits per heavy atom. The van der Waals surface area contributed by atoms with Gasteiger partial charge in [0.05, 0.1) is 16.8 Å². The minimum absolute atomic E-state index is 0.0937. The van der Waals surface area contributed by atoms with Gasteiger partial charge in [0.15, 0.2) is 5.78 Å². The number of ketones is 2. The van der Waals surface area contributed by atoms with Crippen LogP contribution in [0.4, 0.5) is 0 Å². The number of fused-ring (bicyclic) bond motifs is 4. The summed E-state index contributed by atoms with van der Waals surface area (Å²) in [6.07, 6.45) is 3.05. The molecule has 5 heteroatoms. The van der Waals surface area contributed by atoms with Gasteiger partial charge in [0.25, 0.3) is 0 Å². The molecule has 5 nitrogen and oxygen atoms in total. The molecule has 0 atom stereocenters. The molecule has 2 aliphatic rings. The van der Waals surface area contributed by atoms with Crippen LogP contribution in [-0.4, -0.2) is 21.5 Å². The maximum absolute atomic E-state index is 12.6. The molecule has 0 bridgehead atoms. The van der Waals surface area contributed by atoms with Crippen molar-refractivity contribution in [3.05, 3.63) is 76.1 Å². The van der Waals surface area contributed by atoms with E-state index in [-0.39, 0.29) is 28.2 Å². The standard InChI is InChI=1S/C22H16N2O3/c1-11-6-7-14-20-16(22(2,3)21(14)24-11)10-12(27-20)9-15-18(25)13-5-4-8-23-17(13)19(15)26/h4-10H,1-3H3/b15-9+. The largest absolute Gasteiger partial charge is 0.456 e. The summed E-state index contributed by atoms with van der Waals surface area (Å²) in [5.74, 6) is 0.576. The molecule has 0 spiro atoms. The summed E-state index contributed by atoms with van der Waals surface area (Å²) in [7, 11) is 0. The van der Waals surface area contributed by atoms with Gasteiger partial charge in [-0.3, -0.25) is 19.6 Å². The third kappa shape index (κ3) is 2.05. The lowest BCUT2D eigenvalue weighted by molar-refractivity contribution is 0.0989. The van der Waals surface area contributed by atoms with Gasteiger partial charge in [-0.1, -0.05) is 0 Å². The highest BCUT2D eigenvalue weighted by Crippen LogP contribution is 2.49. The van der Waals surface area contributed by atoms with E-state index in [4.69, 9.17) is 4.42 Å². The van der Waals surface area contributed by atoms with Crippen molar-refractivity contribution in [2.24, 2.45) is 0 Å². The summed E-state index contributed by atoms with van der Waals surface area (Å²) < 4.78 is 6.04. The number of aryl methyl sites for hydroxylation is 1. The second-order valence-corrected chi connectivity index (χ2v) is 7.48. The first-order valence-corrected chi connectivity index (χ1v) is 8.77. The first kappa shape index (κ1) is 15.9. The molecular weight excluding hydrogens is 340 g/mol. The van der Waals surface area contributed by atoms with Crippen molar-refractivity contribution < 1.29 is 14.0 Å². The van der Waals surface area contributed by atoms with Crippen LogP contribution in [0.25, 0.3) is 17.4 Å². The molecule has 0 radical (unpaired) electrons. The zero-order valence-electron chi connectivity index (χ0n) is 15.2. The molecule has 0 N–H and O–H groups in total. The predicted octanol–water partition coefficient (Wildman–Crippen LogP) is 4.15. The molecule has 0 amide bonds. The monoisotopic (exact) mass is 356 g/mol. The van der Waals surface area contributed by atoms with E-state index in [1.54, 1.807) is 12.1 Å². The highest BCUT2D eigenvalue weighted by Gasteiger charge is 2.41. The van der Waals surface area contributed by atoms with E-state index in [9.17, 15) is 9.59 Å². The quantitative estimate of drug-likeness (QED) is 0.484. The van der Waals surface area contributed by atoms with E-state index >= 15 is 0 Å². The number of aromatic nitrogens is 2. The summed E-state index contributed by atoms with van der Waals surface area (Å²) in [5, 5.41) is 0. The van der Waals surface area contributed by atoms with Gasteiger partial charge in [-0.15, -0.1) is 0 Å². The molecule has 132 valence electrons. The van der Waals surface area contributed by atoms with Crippen molar-refractivity contribution in [3.63, 3.8) is 0 Å². The number of nitrogens with zero attached hydrogens (tertiary/aromatic N) is 2. The zero-order valence-corrected chi connectivity index (χ0v) is 15.2. The molecule has 0 saturated carbocycles. The second kappa shape index (κ2) is 5.10. The smallest absolute Gasteiger partial charge is 0.216 e. The molecule has 27 heavy (non-hydrogen) atoms. The van der Waals surface area contributed by atoms with Crippen molar-refractivity contribution in [3.8, 4) is 11.3 Å². The van der Waals surface area contributed by atoms with Gasteiger partial charge >= 0.3 is 0 Å². The number of allylic oxidation sites excluding steroid dienone is 1. The van der Waals surface area contributed by atoms with Crippen LogP contribution in [-0.2, 0) is 5.41 Å². The molecule has 3 heterocycles. The van der Waals surface area contributed by atoms with Crippen molar-refractivity contribution in [1.29, 1.82) is 0 Å². The first-order chi connectivity index (χ1) is 12.9. The third-order valence-electron chi connectivity index (χ3n) is 5.34. The van der Waals surface area contributed by atoms with E-state index in [0.29, 0.717) is 11.3 Å². The summed E-state index contributed by atoms with van der Waals surface area (Å²) >= 11 is 0. The predicted molar refractivity (Wildman–Crippen MR) is 99.7 cm³/mol. The number of furan rings is 1. The van der Waals surface area contributed by atoms with E-state index in [2.05, 4.69) is 23.8 Å². The van der Waals surface area contributed by atoms with Crippen molar-refractivity contribution in [1.82, 2.24) is 9.97 Å². The number of carbonyl (C=O) groups is 2. The molecule has 0 saturated heterocycles. The maximum Gasteiger partial charge on any atom is 0.216 e. The molecule has 2 aliphatic carbocycles. The number of Topliss-reactive ketones (excluding diaryl/α,β-unsaturated/α-hetero) is 2. The van der Waals surface area contributed by atoms with Gasteiger partial charge in [-0.2, -0.15) is 0 Å². The Morgan fingerprint density at radius 2 is 1.89 bits per heavy atom. The molecule has 0 fully saturated rings. The zero-order chi connectivity index (χ0) is 18.9. The molecule has 3 aromatic rings. The van der Waals surface area contributed by atoms with E-state index in [1.807, 2.05) is 25.1 Å². The van der Waals surface area contributed by atoms with E-state index in [1.165, 1.54) is 12.3 Å². The fraction of sp³-hybridized carbons (Fsp3) is 0.182. The van der Waals surface area contributed by atoms with Crippen LogP contribution in [0.2, 0.25) is 0 Å². The maximum atomic E-state index is 12.6. The van der Waals surface area contributed by atoms with Crippen molar-refractivity contribution in [2.45, 2.75) is 26.2 Å². The minimum Gasteiger partial charge on any atom is -0.456 e. The van der Waals surface area contributed by atoms with Crippen LogP contribution in [0, 0.1) is 6.92 Å². The Bertz CT molecular complexity index is 1160. The van der Waals surface area contributed by atoms with E-state index in [0.717, 1.165) is 28.3 Å². The fourth-order valence-electron chi connectivity index (χ4n) is 3.91. The Labute approximate surface area is 155 Å². The number of rotatable bonds is 1. The van der Waals surface area contributed by atoms with Gasteiger partial charge in [-0.25, -0.2) is 0 Å². The average molecular weight is 356 g/mol. The Balaban J connectivity index is 1.63. The molecule has 0 aliphatic heterocycles. The first-order valence-electron chi connectivity index (χ1n) is 8.77. The van der Waals surface area contributed by atoms with Gasteiger partial charge in [0.2, 0.25) is 5.78 Å². The average Bonchev–Trinajstić information content (AvgIpc) is 3.24. The van der Waals surface area contributed by atoms with Gasteiger partial charge in [-0.05, 0) is 57.2 Å². The molecule has 0 unspecified atom stereocenters. The highest BCUT2D eigenvalue weighted by molar-refractivity contribution is 6.40. The van der Waals surface area contributed by atoms with Gasteiger partial charge < -0.3 is 4.42 Å². The van der Waals surface area contributed by atoms with Crippen LogP contribution in [0.15, 0.2) is 46.5 Å². The molecule has 5 rings (SSSR count). The van der Waals surface area contributed by atoms with Crippen LogP contribution < -0.4 is 0 Å².